The minimum Gasteiger partial charge on any atom is -0.356 e. The van der Waals surface area contributed by atoms with Crippen molar-refractivity contribution in [3.63, 3.8) is 0 Å². The fourth-order valence-corrected chi connectivity index (χ4v) is 4.40. The number of hydrogen-bond acceptors (Lipinski definition) is 2. The van der Waals surface area contributed by atoms with E-state index in [1.807, 2.05) is 37.3 Å². The number of benzene rings is 2. The molecule has 6 heteroatoms. The van der Waals surface area contributed by atoms with Crippen LogP contribution in [0.3, 0.4) is 0 Å². The predicted octanol–water partition coefficient (Wildman–Crippen LogP) is 5.31. The third kappa shape index (κ3) is 3.47. The molecule has 30 heavy (non-hydrogen) atoms. The maximum Gasteiger partial charge on any atom is 0.255 e. The number of unbranched alkanes of at least 4 members (excludes halogenated alkanes) is 1. The molecule has 0 fully saturated rings. The van der Waals surface area contributed by atoms with Gasteiger partial charge in [0.25, 0.3) is 5.91 Å². The molecule has 156 valence electrons. The first kappa shape index (κ1) is 20.5. The summed E-state index contributed by atoms with van der Waals surface area (Å²) in [4.78, 5) is 32.1. The Labute approximate surface area is 181 Å². The van der Waals surface area contributed by atoms with Gasteiger partial charge in [0.1, 0.15) is 0 Å². The van der Waals surface area contributed by atoms with Crippen LogP contribution in [-0.4, -0.2) is 34.8 Å². The van der Waals surface area contributed by atoms with Crippen LogP contribution in [0.25, 0.3) is 22.0 Å². The monoisotopic (exact) mass is 423 g/mol. The Morgan fingerprint density at radius 1 is 1.13 bits per heavy atom. The largest absolute Gasteiger partial charge is 0.356 e. The van der Waals surface area contributed by atoms with Crippen LogP contribution in [0.15, 0.2) is 42.5 Å². The molecule has 2 amide bonds. The lowest BCUT2D eigenvalue weighted by Gasteiger charge is -2.29. The number of carbonyl (C=O) groups excluding carboxylic acids is 2. The van der Waals surface area contributed by atoms with Crippen LogP contribution in [0, 0.1) is 0 Å². The molecule has 1 aliphatic heterocycles. The minimum absolute atomic E-state index is 0.156. The van der Waals surface area contributed by atoms with E-state index < -0.39 is 6.04 Å². The van der Waals surface area contributed by atoms with Crippen LogP contribution in [0.1, 0.15) is 55.2 Å². The summed E-state index contributed by atoms with van der Waals surface area (Å²) in [6.45, 7) is 5.16. The van der Waals surface area contributed by atoms with Crippen molar-refractivity contribution in [2.75, 3.05) is 13.1 Å². The molecule has 0 saturated heterocycles. The van der Waals surface area contributed by atoms with E-state index in [0.717, 1.165) is 47.0 Å². The topological polar surface area (TPSA) is 65.2 Å². The van der Waals surface area contributed by atoms with Gasteiger partial charge >= 0.3 is 0 Å². The van der Waals surface area contributed by atoms with E-state index in [2.05, 4.69) is 17.2 Å². The third-order valence-electron chi connectivity index (χ3n) is 5.60. The first-order valence-electron chi connectivity index (χ1n) is 10.6. The van der Waals surface area contributed by atoms with Gasteiger partial charge in [-0.05, 0) is 36.6 Å². The number of aromatic amines is 1. The van der Waals surface area contributed by atoms with Gasteiger partial charge < -0.3 is 15.2 Å². The summed E-state index contributed by atoms with van der Waals surface area (Å²) in [5, 5.41) is 4.53. The van der Waals surface area contributed by atoms with Crippen LogP contribution in [0.5, 0.6) is 0 Å². The number of fused-ring (bicyclic) bond motifs is 5. The van der Waals surface area contributed by atoms with Crippen molar-refractivity contribution in [1.82, 2.24) is 15.2 Å². The highest BCUT2D eigenvalue weighted by Gasteiger charge is 2.39. The second-order valence-corrected chi connectivity index (χ2v) is 8.13. The third-order valence-corrected chi connectivity index (χ3v) is 5.84. The fourth-order valence-electron chi connectivity index (χ4n) is 4.23. The molecule has 1 aliphatic rings. The maximum atomic E-state index is 13.6. The number of rotatable bonds is 6. The van der Waals surface area contributed by atoms with Crippen molar-refractivity contribution in [1.29, 1.82) is 0 Å². The number of halogens is 1. The van der Waals surface area contributed by atoms with Crippen molar-refractivity contribution in [2.45, 2.75) is 39.2 Å². The number of carbonyl (C=O) groups is 2. The van der Waals surface area contributed by atoms with Gasteiger partial charge in [-0.3, -0.25) is 9.59 Å². The second kappa shape index (κ2) is 8.52. The van der Waals surface area contributed by atoms with Crippen LogP contribution in [0.2, 0.25) is 5.02 Å². The second-order valence-electron chi connectivity index (χ2n) is 7.69. The summed E-state index contributed by atoms with van der Waals surface area (Å²) in [6.07, 6.45) is 2.63. The van der Waals surface area contributed by atoms with E-state index in [-0.39, 0.29) is 11.8 Å². The van der Waals surface area contributed by atoms with Gasteiger partial charge in [0.05, 0.1) is 5.69 Å². The number of hydrogen-bond donors (Lipinski definition) is 2. The number of nitrogens with one attached hydrogen (secondary N) is 2. The van der Waals surface area contributed by atoms with Crippen molar-refractivity contribution in [2.24, 2.45) is 0 Å². The summed E-state index contributed by atoms with van der Waals surface area (Å²) in [5.74, 6) is -0.323. The number of nitrogens with zero attached hydrogens (tertiary/aromatic N) is 1. The molecule has 2 N–H and O–H groups in total. The molecule has 0 radical (unpaired) electrons. The van der Waals surface area contributed by atoms with E-state index in [1.165, 1.54) is 0 Å². The number of para-hydroxylation sites is 1. The molecule has 2 aromatic carbocycles. The Bertz CT molecular complexity index is 1110. The number of amides is 2. The molecular weight excluding hydrogens is 398 g/mol. The SMILES string of the molecule is CCCCNC(=O)C1c2[nH]c3ccccc3c2-c2ccc(Cl)cc2C(=O)N1CCC. The van der Waals surface area contributed by atoms with Crippen molar-refractivity contribution in [3.8, 4) is 11.1 Å². The van der Waals surface area contributed by atoms with E-state index in [0.29, 0.717) is 23.7 Å². The van der Waals surface area contributed by atoms with Gasteiger partial charge in [-0.2, -0.15) is 0 Å². The highest BCUT2D eigenvalue weighted by molar-refractivity contribution is 6.31. The quantitative estimate of drug-likeness (QED) is 0.527. The van der Waals surface area contributed by atoms with Crippen molar-refractivity contribution in [3.05, 3.63) is 58.7 Å². The van der Waals surface area contributed by atoms with Crippen LogP contribution in [-0.2, 0) is 4.79 Å². The van der Waals surface area contributed by atoms with Gasteiger partial charge in [0.15, 0.2) is 6.04 Å². The molecule has 5 nitrogen and oxygen atoms in total. The average Bonchev–Trinajstić information content (AvgIpc) is 3.08. The van der Waals surface area contributed by atoms with Gasteiger partial charge in [-0.1, -0.05) is 56.1 Å². The summed E-state index contributed by atoms with van der Waals surface area (Å²) in [6, 6.07) is 12.6. The molecule has 0 saturated carbocycles. The zero-order valence-electron chi connectivity index (χ0n) is 17.3. The first-order valence-corrected chi connectivity index (χ1v) is 10.9. The Hall–Kier alpha value is -2.79. The molecular formula is C24H26ClN3O2. The molecule has 1 aromatic heterocycles. The first-order chi connectivity index (χ1) is 14.6. The molecule has 2 heterocycles. The normalized spacial score (nSPS) is 15.6. The van der Waals surface area contributed by atoms with E-state index >= 15 is 0 Å². The van der Waals surface area contributed by atoms with Crippen molar-refractivity contribution >= 4 is 34.3 Å². The Morgan fingerprint density at radius 2 is 1.93 bits per heavy atom. The summed E-state index contributed by atoms with van der Waals surface area (Å²) < 4.78 is 0. The van der Waals surface area contributed by atoms with Crippen LogP contribution >= 0.6 is 11.6 Å². The van der Waals surface area contributed by atoms with Gasteiger partial charge in [-0.15, -0.1) is 0 Å². The highest BCUT2D eigenvalue weighted by Crippen LogP contribution is 2.43. The van der Waals surface area contributed by atoms with Gasteiger partial charge in [-0.25, -0.2) is 0 Å². The molecule has 1 unspecified atom stereocenters. The maximum absolute atomic E-state index is 13.6. The molecule has 0 spiro atoms. The van der Waals surface area contributed by atoms with E-state index in [4.69, 9.17) is 11.6 Å². The van der Waals surface area contributed by atoms with Gasteiger partial charge in [0, 0.05) is 40.1 Å². The molecule has 0 aliphatic carbocycles. The lowest BCUT2D eigenvalue weighted by Crippen LogP contribution is -2.44. The molecule has 0 bridgehead atoms. The van der Waals surface area contributed by atoms with Crippen LogP contribution in [0.4, 0.5) is 0 Å². The minimum atomic E-state index is -0.720. The van der Waals surface area contributed by atoms with E-state index in [1.54, 1.807) is 17.0 Å². The smallest absolute Gasteiger partial charge is 0.255 e. The Kier molecular flexibility index (Phi) is 5.82. The zero-order valence-corrected chi connectivity index (χ0v) is 18.1. The zero-order chi connectivity index (χ0) is 21.3. The summed E-state index contributed by atoms with van der Waals surface area (Å²) in [7, 11) is 0. The number of H-pyrrole nitrogens is 1. The van der Waals surface area contributed by atoms with E-state index in [9.17, 15) is 9.59 Å². The Balaban J connectivity index is 1.97. The Morgan fingerprint density at radius 3 is 2.70 bits per heavy atom. The predicted molar refractivity (Wildman–Crippen MR) is 121 cm³/mol. The summed E-state index contributed by atoms with van der Waals surface area (Å²) in [5.41, 5.74) is 3.95. The number of aromatic nitrogens is 1. The fraction of sp³-hybridized carbons (Fsp3) is 0.333. The lowest BCUT2D eigenvalue weighted by molar-refractivity contribution is -0.126. The van der Waals surface area contributed by atoms with Gasteiger partial charge in [0.2, 0.25) is 5.91 Å². The summed E-state index contributed by atoms with van der Waals surface area (Å²) >= 11 is 6.26. The highest BCUT2D eigenvalue weighted by atomic mass is 35.5. The lowest BCUT2D eigenvalue weighted by atomic mass is 9.96. The standard InChI is InChI=1S/C24H26ClN3O2/c1-3-5-12-26-23(29)22-21-20(17-8-6-7-9-19(17)27-21)16-11-10-15(25)14-18(16)24(30)28(22)13-4-2/h6-11,14,22,27H,3-5,12-13H2,1-2H3,(H,26,29). The molecule has 4 rings (SSSR count). The molecule has 3 aromatic rings. The van der Waals surface area contributed by atoms with Crippen LogP contribution < -0.4 is 5.32 Å². The molecule has 1 atom stereocenters. The average molecular weight is 424 g/mol. The van der Waals surface area contributed by atoms with Crippen molar-refractivity contribution < 1.29 is 9.59 Å².